The maximum atomic E-state index is 12.2. The average molecular weight is 327 g/mol. The van der Waals surface area contributed by atoms with Gasteiger partial charge in [-0.2, -0.15) is 5.10 Å². The van der Waals surface area contributed by atoms with Crippen molar-refractivity contribution in [3.63, 3.8) is 0 Å². The minimum absolute atomic E-state index is 0.0186. The Hall–Kier alpha value is -2.70. The Labute approximate surface area is 140 Å². The quantitative estimate of drug-likeness (QED) is 0.759. The lowest BCUT2D eigenvalue weighted by molar-refractivity contribution is -0.121. The molecule has 0 radical (unpaired) electrons. The number of unbranched alkanes of at least 4 members (excludes halogenated alkanes) is 1. The van der Waals surface area contributed by atoms with Gasteiger partial charge in [0.2, 0.25) is 5.91 Å². The van der Waals surface area contributed by atoms with Gasteiger partial charge in [-0.1, -0.05) is 18.2 Å². The van der Waals surface area contributed by atoms with Gasteiger partial charge in [0.15, 0.2) is 0 Å². The number of amides is 2. The summed E-state index contributed by atoms with van der Waals surface area (Å²) in [5, 5.41) is 9.39. The summed E-state index contributed by atoms with van der Waals surface area (Å²) in [6.45, 7) is 3.21. The Kier molecular flexibility index (Phi) is 4.88. The first kappa shape index (κ1) is 16.2. The predicted molar refractivity (Wildman–Crippen MR) is 88.0 cm³/mol. The Balaban J connectivity index is 1.37. The Morgan fingerprint density at radius 2 is 2.21 bits per heavy atom. The molecule has 0 saturated heterocycles. The summed E-state index contributed by atoms with van der Waals surface area (Å²) in [6.07, 6.45) is 3.41. The van der Waals surface area contributed by atoms with Crippen LogP contribution in [0.1, 0.15) is 54.0 Å². The van der Waals surface area contributed by atoms with Crippen molar-refractivity contribution in [2.45, 2.75) is 38.8 Å². The fourth-order valence-corrected chi connectivity index (χ4v) is 2.89. The summed E-state index contributed by atoms with van der Waals surface area (Å²) in [6, 6.07) is 7.52. The summed E-state index contributed by atoms with van der Waals surface area (Å²) in [7, 11) is 0. The van der Waals surface area contributed by atoms with Gasteiger partial charge in [-0.05, 0) is 31.4 Å². The van der Waals surface area contributed by atoms with Crippen LogP contribution in [0.4, 0.5) is 0 Å². The highest BCUT2D eigenvalue weighted by atomic mass is 16.2. The third kappa shape index (κ3) is 3.61. The number of fused-ring (bicyclic) bond motifs is 1. The number of H-pyrrole nitrogens is 1. The Bertz CT molecular complexity index is 714. The van der Waals surface area contributed by atoms with E-state index >= 15 is 0 Å². The molecule has 1 aromatic carbocycles. The van der Waals surface area contributed by atoms with Gasteiger partial charge in [0, 0.05) is 25.1 Å². The van der Waals surface area contributed by atoms with E-state index in [1.807, 2.05) is 36.1 Å². The minimum atomic E-state index is -0.186. The zero-order valence-electron chi connectivity index (χ0n) is 13.7. The summed E-state index contributed by atoms with van der Waals surface area (Å²) >= 11 is 0. The number of nitrogens with zero attached hydrogens (tertiary/aromatic N) is 3. The Morgan fingerprint density at radius 3 is 2.96 bits per heavy atom. The van der Waals surface area contributed by atoms with Crippen LogP contribution < -0.4 is 5.32 Å². The molecule has 1 aliphatic heterocycles. The third-order valence-electron chi connectivity index (χ3n) is 4.20. The van der Waals surface area contributed by atoms with Gasteiger partial charge in [-0.15, -0.1) is 0 Å². The summed E-state index contributed by atoms with van der Waals surface area (Å²) in [4.78, 5) is 30.0. The van der Waals surface area contributed by atoms with E-state index in [0.717, 1.165) is 24.0 Å². The van der Waals surface area contributed by atoms with Gasteiger partial charge in [-0.3, -0.25) is 14.7 Å². The van der Waals surface area contributed by atoms with Crippen molar-refractivity contribution in [2.24, 2.45) is 0 Å². The van der Waals surface area contributed by atoms with E-state index in [2.05, 4.69) is 20.5 Å². The number of rotatable bonds is 7. The van der Waals surface area contributed by atoms with E-state index < -0.39 is 0 Å². The number of aromatic nitrogens is 3. The van der Waals surface area contributed by atoms with Gasteiger partial charge in [0.25, 0.3) is 5.91 Å². The molecule has 2 heterocycles. The molecule has 126 valence electrons. The van der Waals surface area contributed by atoms with Gasteiger partial charge in [-0.25, -0.2) is 4.98 Å². The largest absolute Gasteiger partial charge is 0.346 e. The number of aromatic amines is 1. The summed E-state index contributed by atoms with van der Waals surface area (Å²) in [5.41, 5.74) is 1.89. The molecule has 7 heteroatoms. The molecule has 24 heavy (non-hydrogen) atoms. The first-order chi connectivity index (χ1) is 11.6. The molecule has 3 rings (SSSR count). The van der Waals surface area contributed by atoms with Crippen LogP contribution in [-0.4, -0.2) is 38.4 Å². The van der Waals surface area contributed by atoms with Gasteiger partial charge >= 0.3 is 0 Å². The minimum Gasteiger partial charge on any atom is -0.346 e. The highest BCUT2D eigenvalue weighted by molar-refractivity contribution is 5.98. The molecule has 0 saturated carbocycles. The molecule has 2 N–H and O–H groups in total. The molecule has 1 aromatic heterocycles. The maximum absolute atomic E-state index is 12.2. The molecule has 1 aliphatic rings. The van der Waals surface area contributed by atoms with Crippen molar-refractivity contribution in [2.75, 3.05) is 6.54 Å². The van der Waals surface area contributed by atoms with Gasteiger partial charge in [0.05, 0.1) is 6.04 Å². The normalized spacial score (nSPS) is 14.5. The number of nitrogens with one attached hydrogen (secondary N) is 2. The second-order valence-electron chi connectivity index (χ2n) is 6.00. The second kappa shape index (κ2) is 7.25. The lowest BCUT2D eigenvalue weighted by Crippen LogP contribution is -2.28. The molecule has 2 aromatic rings. The van der Waals surface area contributed by atoms with Crippen LogP contribution >= 0.6 is 0 Å². The number of hydrogen-bond acceptors (Lipinski definition) is 4. The van der Waals surface area contributed by atoms with E-state index in [4.69, 9.17) is 0 Å². The van der Waals surface area contributed by atoms with E-state index in [1.54, 1.807) is 0 Å². The van der Waals surface area contributed by atoms with E-state index in [-0.39, 0.29) is 17.9 Å². The van der Waals surface area contributed by atoms with E-state index in [0.29, 0.717) is 25.3 Å². The smallest absolute Gasteiger partial charge is 0.254 e. The predicted octanol–water partition coefficient (Wildman–Crippen LogP) is 1.81. The maximum Gasteiger partial charge on any atom is 0.254 e. The fourth-order valence-electron chi connectivity index (χ4n) is 2.89. The molecule has 0 unspecified atom stereocenters. The lowest BCUT2D eigenvalue weighted by Gasteiger charge is -2.15. The molecule has 1 atom stereocenters. The highest BCUT2D eigenvalue weighted by Gasteiger charge is 2.25. The molecule has 0 aliphatic carbocycles. The SMILES string of the molecule is C[C@@H](NC(=O)CCCCN1Cc2ccccc2C1=O)c1ncn[nH]1. The first-order valence-corrected chi connectivity index (χ1v) is 8.17. The zero-order chi connectivity index (χ0) is 16.9. The van der Waals surface area contributed by atoms with Crippen LogP contribution in [0, 0.1) is 0 Å². The van der Waals surface area contributed by atoms with Crippen molar-refractivity contribution in [3.8, 4) is 0 Å². The number of carbonyl (C=O) groups is 2. The zero-order valence-corrected chi connectivity index (χ0v) is 13.7. The monoisotopic (exact) mass is 327 g/mol. The second-order valence-corrected chi connectivity index (χ2v) is 6.00. The molecule has 2 amide bonds. The molecule has 0 spiro atoms. The molecular weight excluding hydrogens is 306 g/mol. The van der Waals surface area contributed by atoms with Crippen molar-refractivity contribution in [3.05, 3.63) is 47.5 Å². The van der Waals surface area contributed by atoms with E-state index in [1.165, 1.54) is 6.33 Å². The van der Waals surface area contributed by atoms with Crippen molar-refractivity contribution >= 4 is 11.8 Å². The summed E-state index contributed by atoms with van der Waals surface area (Å²) in [5.74, 6) is 0.715. The van der Waals surface area contributed by atoms with Crippen LogP contribution in [0.3, 0.4) is 0 Å². The van der Waals surface area contributed by atoms with Crippen LogP contribution in [-0.2, 0) is 11.3 Å². The van der Waals surface area contributed by atoms with Gasteiger partial charge in [0.1, 0.15) is 12.2 Å². The van der Waals surface area contributed by atoms with Crippen LogP contribution in [0.25, 0.3) is 0 Å². The fraction of sp³-hybridized carbons (Fsp3) is 0.412. The lowest BCUT2D eigenvalue weighted by atomic mass is 10.1. The number of carbonyl (C=O) groups excluding carboxylic acids is 2. The molecule has 7 nitrogen and oxygen atoms in total. The van der Waals surface area contributed by atoms with Crippen LogP contribution in [0.5, 0.6) is 0 Å². The highest BCUT2D eigenvalue weighted by Crippen LogP contribution is 2.22. The molecular formula is C17H21N5O2. The standard InChI is InChI=1S/C17H21N5O2/c1-12(16-18-11-19-21-16)20-15(23)8-4-5-9-22-10-13-6-2-3-7-14(13)17(22)24/h2-3,6-7,11-12H,4-5,8-10H2,1H3,(H,20,23)(H,18,19,21)/t12-/m1/s1. The Morgan fingerprint density at radius 1 is 1.38 bits per heavy atom. The van der Waals surface area contributed by atoms with Crippen molar-refractivity contribution in [1.29, 1.82) is 0 Å². The molecule has 0 fully saturated rings. The van der Waals surface area contributed by atoms with Crippen molar-refractivity contribution < 1.29 is 9.59 Å². The number of benzene rings is 1. The van der Waals surface area contributed by atoms with E-state index in [9.17, 15) is 9.59 Å². The topological polar surface area (TPSA) is 91.0 Å². The van der Waals surface area contributed by atoms with Crippen molar-refractivity contribution in [1.82, 2.24) is 25.4 Å². The first-order valence-electron chi connectivity index (χ1n) is 8.17. The van der Waals surface area contributed by atoms with Gasteiger partial charge < -0.3 is 10.2 Å². The van der Waals surface area contributed by atoms with Crippen LogP contribution in [0.15, 0.2) is 30.6 Å². The van der Waals surface area contributed by atoms with Crippen LogP contribution in [0.2, 0.25) is 0 Å². The number of hydrogen-bond donors (Lipinski definition) is 2. The third-order valence-corrected chi connectivity index (χ3v) is 4.20. The summed E-state index contributed by atoms with van der Waals surface area (Å²) < 4.78 is 0. The average Bonchev–Trinajstić information content (AvgIpc) is 3.21. The molecule has 0 bridgehead atoms.